The van der Waals surface area contributed by atoms with E-state index in [1.807, 2.05) is 6.07 Å². The maximum Gasteiger partial charge on any atom is 0.259 e. The first kappa shape index (κ1) is 16.1. The monoisotopic (exact) mass is 347 g/mol. The summed E-state index contributed by atoms with van der Waals surface area (Å²) in [5.41, 5.74) is 1.67. The van der Waals surface area contributed by atoms with Crippen LogP contribution in [0.25, 0.3) is 11.1 Å². The van der Waals surface area contributed by atoms with E-state index >= 15 is 0 Å². The zero-order valence-electron chi connectivity index (χ0n) is 12.5. The highest BCUT2D eigenvalue weighted by molar-refractivity contribution is 6.30. The number of anilines is 1. The lowest BCUT2D eigenvalue weighted by Gasteiger charge is -2.07. The predicted molar refractivity (Wildman–Crippen MR) is 88.1 cm³/mol. The van der Waals surface area contributed by atoms with E-state index < -0.39 is 23.1 Å². The van der Waals surface area contributed by atoms with Gasteiger partial charge >= 0.3 is 0 Å². The van der Waals surface area contributed by atoms with Gasteiger partial charge in [-0.1, -0.05) is 23.7 Å². The van der Waals surface area contributed by atoms with Crippen molar-refractivity contribution < 1.29 is 13.6 Å². The molecule has 0 bridgehead atoms. The molecule has 2 N–H and O–H groups in total. The van der Waals surface area contributed by atoms with Crippen molar-refractivity contribution in [1.29, 1.82) is 0 Å². The van der Waals surface area contributed by atoms with Crippen molar-refractivity contribution in [2.45, 2.75) is 6.92 Å². The zero-order chi connectivity index (χ0) is 17.3. The molecule has 0 aliphatic heterocycles. The Labute approximate surface area is 141 Å². The molecule has 0 saturated carbocycles. The molecule has 0 unspecified atom stereocenters. The third-order valence-electron chi connectivity index (χ3n) is 3.47. The quantitative estimate of drug-likeness (QED) is 0.729. The number of aromatic amines is 1. The molecule has 3 aromatic rings. The van der Waals surface area contributed by atoms with Crippen LogP contribution in [0.3, 0.4) is 0 Å². The number of aryl methyl sites for hydroxylation is 1. The Hall–Kier alpha value is -2.73. The molecule has 4 nitrogen and oxygen atoms in total. The Morgan fingerprint density at radius 3 is 2.75 bits per heavy atom. The molecule has 0 fully saturated rings. The fraction of sp³-hybridized carbons (Fsp3) is 0.0588. The molecule has 0 atom stereocenters. The molecule has 1 heterocycles. The van der Waals surface area contributed by atoms with Gasteiger partial charge in [-0.2, -0.15) is 5.10 Å². The lowest BCUT2D eigenvalue weighted by Crippen LogP contribution is -2.15. The minimum Gasteiger partial charge on any atom is -0.304 e. The molecule has 0 radical (unpaired) electrons. The van der Waals surface area contributed by atoms with E-state index in [2.05, 4.69) is 15.5 Å². The highest BCUT2D eigenvalue weighted by Crippen LogP contribution is 2.31. The highest BCUT2D eigenvalue weighted by atomic mass is 35.5. The number of benzene rings is 2. The number of halogens is 3. The van der Waals surface area contributed by atoms with Crippen molar-refractivity contribution in [2.24, 2.45) is 0 Å². The molecule has 2 aromatic carbocycles. The van der Waals surface area contributed by atoms with Crippen LogP contribution in [0.4, 0.5) is 14.6 Å². The van der Waals surface area contributed by atoms with Crippen molar-refractivity contribution in [3.63, 3.8) is 0 Å². The number of rotatable bonds is 3. The van der Waals surface area contributed by atoms with Gasteiger partial charge in [0.25, 0.3) is 5.91 Å². The normalized spacial score (nSPS) is 10.7. The van der Waals surface area contributed by atoms with Gasteiger partial charge in [-0.15, -0.1) is 0 Å². The fourth-order valence-electron chi connectivity index (χ4n) is 2.36. The zero-order valence-corrected chi connectivity index (χ0v) is 13.3. The number of nitrogens with zero attached hydrogens (tertiary/aromatic N) is 1. The van der Waals surface area contributed by atoms with Crippen LogP contribution in [-0.2, 0) is 0 Å². The summed E-state index contributed by atoms with van der Waals surface area (Å²) in [5.74, 6) is -2.09. The minimum absolute atomic E-state index is 0.212. The van der Waals surface area contributed by atoms with Gasteiger partial charge in [-0.25, -0.2) is 8.78 Å². The summed E-state index contributed by atoms with van der Waals surface area (Å²) in [6.45, 7) is 1.78. The van der Waals surface area contributed by atoms with Crippen molar-refractivity contribution in [2.75, 3.05) is 5.32 Å². The Morgan fingerprint density at radius 2 is 2.00 bits per heavy atom. The molecular formula is C17H12ClF2N3O. The average Bonchev–Trinajstić information content (AvgIpc) is 2.90. The molecule has 0 aliphatic carbocycles. The second-order valence-corrected chi connectivity index (χ2v) is 5.60. The van der Waals surface area contributed by atoms with Crippen molar-refractivity contribution in [1.82, 2.24) is 10.2 Å². The lowest BCUT2D eigenvalue weighted by molar-refractivity contribution is 0.102. The number of nitrogens with one attached hydrogen (secondary N) is 2. The van der Waals surface area contributed by atoms with Gasteiger partial charge in [-0.05, 0) is 42.8 Å². The number of amides is 1. The van der Waals surface area contributed by atoms with Gasteiger partial charge in [0.15, 0.2) is 5.82 Å². The number of hydrogen-bond donors (Lipinski definition) is 2. The van der Waals surface area contributed by atoms with Crippen LogP contribution in [-0.4, -0.2) is 16.1 Å². The molecule has 3 rings (SSSR count). The smallest absolute Gasteiger partial charge is 0.259 e. The second kappa shape index (κ2) is 6.41. The van der Waals surface area contributed by atoms with Crippen LogP contribution < -0.4 is 5.32 Å². The first-order valence-electron chi connectivity index (χ1n) is 7.03. The topological polar surface area (TPSA) is 57.8 Å². The third-order valence-corrected chi connectivity index (χ3v) is 3.70. The summed E-state index contributed by atoms with van der Waals surface area (Å²) >= 11 is 6.00. The molecule has 0 spiro atoms. The number of carbonyl (C=O) groups excluding carboxylic acids is 1. The fourth-order valence-corrected chi connectivity index (χ4v) is 2.55. The van der Waals surface area contributed by atoms with Gasteiger partial charge in [-0.3, -0.25) is 9.89 Å². The van der Waals surface area contributed by atoms with Crippen LogP contribution in [0.5, 0.6) is 0 Å². The van der Waals surface area contributed by atoms with Crippen LogP contribution in [0.2, 0.25) is 5.02 Å². The van der Waals surface area contributed by atoms with E-state index in [1.165, 1.54) is 0 Å². The number of aromatic nitrogens is 2. The summed E-state index contributed by atoms with van der Waals surface area (Å²) in [7, 11) is 0. The van der Waals surface area contributed by atoms with Crippen LogP contribution >= 0.6 is 11.6 Å². The van der Waals surface area contributed by atoms with Crippen molar-refractivity contribution in [3.8, 4) is 11.1 Å². The predicted octanol–water partition coefficient (Wildman–Crippen LogP) is 4.57. The number of carbonyl (C=O) groups is 1. The maximum absolute atomic E-state index is 13.7. The molecule has 1 amide bonds. The molecular weight excluding hydrogens is 336 g/mol. The van der Waals surface area contributed by atoms with E-state index in [4.69, 9.17) is 11.6 Å². The van der Waals surface area contributed by atoms with E-state index in [-0.39, 0.29) is 5.82 Å². The van der Waals surface area contributed by atoms with Crippen molar-refractivity contribution in [3.05, 3.63) is 70.4 Å². The summed E-state index contributed by atoms with van der Waals surface area (Å²) < 4.78 is 27.0. The lowest BCUT2D eigenvalue weighted by atomic mass is 10.1. The average molecular weight is 348 g/mol. The first-order chi connectivity index (χ1) is 11.5. The Kier molecular flexibility index (Phi) is 4.31. The standard InChI is InChI=1S/C17H12ClF2N3O/c1-9-15(10-3-2-4-11(18)7-10)16(23-22-9)21-17(24)13-8-12(19)5-6-14(13)20/h2-8H,1H3,(H2,21,22,23,24). The van der Waals surface area contributed by atoms with Gasteiger partial charge in [0.1, 0.15) is 11.6 Å². The summed E-state index contributed by atoms with van der Waals surface area (Å²) in [4.78, 5) is 12.2. The number of hydrogen-bond acceptors (Lipinski definition) is 2. The van der Waals surface area contributed by atoms with Gasteiger partial charge in [0.05, 0.1) is 5.56 Å². The molecule has 0 saturated heterocycles. The van der Waals surface area contributed by atoms with Crippen LogP contribution in [0.1, 0.15) is 16.1 Å². The molecule has 0 aliphatic rings. The van der Waals surface area contributed by atoms with Crippen LogP contribution in [0.15, 0.2) is 42.5 Å². The number of H-pyrrole nitrogens is 1. The molecule has 7 heteroatoms. The van der Waals surface area contributed by atoms with E-state index in [1.54, 1.807) is 25.1 Å². The minimum atomic E-state index is -0.814. The maximum atomic E-state index is 13.7. The van der Waals surface area contributed by atoms with Gasteiger partial charge < -0.3 is 5.32 Å². The Morgan fingerprint density at radius 1 is 1.21 bits per heavy atom. The van der Waals surface area contributed by atoms with E-state index in [0.29, 0.717) is 16.3 Å². The van der Waals surface area contributed by atoms with Gasteiger partial charge in [0, 0.05) is 16.3 Å². The SMILES string of the molecule is Cc1[nH]nc(NC(=O)c2cc(F)ccc2F)c1-c1cccc(Cl)c1. The summed E-state index contributed by atoms with van der Waals surface area (Å²) in [6.07, 6.45) is 0. The summed E-state index contributed by atoms with van der Waals surface area (Å²) in [6, 6.07) is 9.70. The van der Waals surface area contributed by atoms with E-state index in [0.717, 1.165) is 23.8 Å². The highest BCUT2D eigenvalue weighted by Gasteiger charge is 2.18. The van der Waals surface area contributed by atoms with E-state index in [9.17, 15) is 13.6 Å². The molecule has 1 aromatic heterocycles. The molecule has 24 heavy (non-hydrogen) atoms. The Balaban J connectivity index is 1.97. The van der Waals surface area contributed by atoms with Crippen LogP contribution in [0, 0.1) is 18.6 Å². The Bertz CT molecular complexity index is 924. The second-order valence-electron chi connectivity index (χ2n) is 5.16. The summed E-state index contributed by atoms with van der Waals surface area (Å²) in [5, 5.41) is 9.82. The van der Waals surface area contributed by atoms with Gasteiger partial charge in [0.2, 0.25) is 0 Å². The largest absolute Gasteiger partial charge is 0.304 e. The third kappa shape index (κ3) is 3.14. The first-order valence-corrected chi connectivity index (χ1v) is 7.41. The molecule has 122 valence electrons. The van der Waals surface area contributed by atoms with Crippen molar-refractivity contribution >= 4 is 23.3 Å².